The summed E-state index contributed by atoms with van der Waals surface area (Å²) in [6.45, 7) is 0. The number of nitro benzene ring substituents is 1. The maximum atomic E-state index is 12.4. The third-order valence-corrected chi connectivity index (χ3v) is 5.86. The first-order valence-corrected chi connectivity index (χ1v) is 9.78. The summed E-state index contributed by atoms with van der Waals surface area (Å²) < 4.78 is 0.846. The SMILES string of the molecule is O=C(NNC(=S)NC(=O)c1sc2ccccc2c1Cl)c1ccc(Cl)c([N+](=O)[O-])c1. The highest BCUT2D eigenvalue weighted by molar-refractivity contribution is 7.80. The molecule has 0 saturated heterocycles. The standard InChI is InChI=1S/C17H10Cl2N4O4S2/c18-10-6-5-8(7-11(10)23(26)27)15(24)21-22-17(28)20-16(25)14-13(19)9-3-1-2-4-12(9)29-14/h1-7H,(H,21,24)(H2,20,22,25,28). The van der Waals surface area contributed by atoms with Crippen LogP contribution in [0.15, 0.2) is 42.5 Å². The zero-order valence-electron chi connectivity index (χ0n) is 14.2. The van der Waals surface area contributed by atoms with Crippen molar-refractivity contribution >= 4 is 79.5 Å². The molecule has 3 aromatic rings. The van der Waals surface area contributed by atoms with Gasteiger partial charge in [0.15, 0.2) is 5.11 Å². The Morgan fingerprint density at radius 3 is 2.48 bits per heavy atom. The zero-order chi connectivity index (χ0) is 21.1. The normalized spacial score (nSPS) is 10.4. The van der Waals surface area contributed by atoms with Crippen molar-refractivity contribution in [2.24, 2.45) is 0 Å². The summed E-state index contributed by atoms with van der Waals surface area (Å²) in [4.78, 5) is 35.0. The van der Waals surface area contributed by atoms with Crippen molar-refractivity contribution < 1.29 is 14.5 Å². The van der Waals surface area contributed by atoms with Crippen LogP contribution in [0.1, 0.15) is 20.0 Å². The number of carbonyl (C=O) groups is 2. The molecule has 0 fully saturated rings. The molecular weight excluding hydrogens is 459 g/mol. The van der Waals surface area contributed by atoms with E-state index in [2.05, 4.69) is 16.2 Å². The molecule has 0 spiro atoms. The number of hydrogen-bond donors (Lipinski definition) is 3. The van der Waals surface area contributed by atoms with Crippen LogP contribution in [0, 0.1) is 10.1 Å². The highest BCUT2D eigenvalue weighted by Gasteiger charge is 2.19. The number of thiocarbonyl (C=S) groups is 1. The van der Waals surface area contributed by atoms with E-state index < -0.39 is 22.4 Å². The molecule has 0 unspecified atom stereocenters. The van der Waals surface area contributed by atoms with Crippen LogP contribution < -0.4 is 16.2 Å². The maximum Gasteiger partial charge on any atom is 0.288 e. The molecule has 0 radical (unpaired) electrons. The van der Waals surface area contributed by atoms with Crippen molar-refractivity contribution in [1.82, 2.24) is 16.2 Å². The quantitative estimate of drug-likeness (QED) is 0.303. The number of thiophene rings is 1. The van der Waals surface area contributed by atoms with Gasteiger partial charge in [-0.2, -0.15) is 0 Å². The Balaban J connectivity index is 1.63. The predicted molar refractivity (Wildman–Crippen MR) is 116 cm³/mol. The van der Waals surface area contributed by atoms with E-state index in [0.29, 0.717) is 5.02 Å². The van der Waals surface area contributed by atoms with E-state index in [1.807, 2.05) is 18.2 Å². The van der Waals surface area contributed by atoms with E-state index in [1.165, 1.54) is 23.5 Å². The van der Waals surface area contributed by atoms with E-state index in [-0.39, 0.29) is 20.6 Å². The van der Waals surface area contributed by atoms with Gasteiger partial charge < -0.3 is 0 Å². The van der Waals surface area contributed by atoms with Gasteiger partial charge in [-0.25, -0.2) is 0 Å². The Morgan fingerprint density at radius 2 is 1.79 bits per heavy atom. The summed E-state index contributed by atoms with van der Waals surface area (Å²) in [5.41, 5.74) is 4.17. The number of carbonyl (C=O) groups excluding carboxylic acids is 2. The minimum Gasteiger partial charge on any atom is -0.297 e. The molecule has 0 saturated carbocycles. The van der Waals surface area contributed by atoms with Gasteiger partial charge in [0.2, 0.25) is 0 Å². The van der Waals surface area contributed by atoms with Crippen molar-refractivity contribution in [1.29, 1.82) is 0 Å². The molecule has 0 bridgehead atoms. The second kappa shape index (κ2) is 8.70. The van der Waals surface area contributed by atoms with Gasteiger partial charge in [-0.15, -0.1) is 11.3 Å². The number of halogens is 2. The monoisotopic (exact) mass is 468 g/mol. The molecule has 12 heteroatoms. The Kier molecular flexibility index (Phi) is 6.28. The van der Waals surface area contributed by atoms with Crippen LogP contribution >= 0.6 is 46.8 Å². The number of nitro groups is 1. The van der Waals surface area contributed by atoms with Crippen molar-refractivity contribution in [3.63, 3.8) is 0 Å². The van der Waals surface area contributed by atoms with Gasteiger partial charge in [-0.05, 0) is 30.4 Å². The fourth-order valence-corrected chi connectivity index (χ4v) is 4.07. The lowest BCUT2D eigenvalue weighted by molar-refractivity contribution is -0.384. The van der Waals surface area contributed by atoms with Crippen LogP contribution in [-0.2, 0) is 0 Å². The van der Waals surface area contributed by atoms with E-state index >= 15 is 0 Å². The van der Waals surface area contributed by atoms with Gasteiger partial charge in [0.25, 0.3) is 17.5 Å². The fourth-order valence-electron chi connectivity index (χ4n) is 2.33. The maximum absolute atomic E-state index is 12.4. The summed E-state index contributed by atoms with van der Waals surface area (Å²) in [6, 6.07) is 10.9. The van der Waals surface area contributed by atoms with E-state index in [9.17, 15) is 19.7 Å². The summed E-state index contributed by atoms with van der Waals surface area (Å²) in [7, 11) is 0. The summed E-state index contributed by atoms with van der Waals surface area (Å²) in [6.07, 6.45) is 0. The van der Waals surface area contributed by atoms with Gasteiger partial charge in [-0.1, -0.05) is 41.4 Å². The smallest absolute Gasteiger partial charge is 0.288 e. The van der Waals surface area contributed by atoms with E-state index in [4.69, 9.17) is 35.4 Å². The molecule has 8 nitrogen and oxygen atoms in total. The van der Waals surface area contributed by atoms with Crippen molar-refractivity contribution in [2.45, 2.75) is 0 Å². The van der Waals surface area contributed by atoms with Crippen LogP contribution in [0.5, 0.6) is 0 Å². The lowest BCUT2D eigenvalue weighted by atomic mass is 10.2. The largest absolute Gasteiger partial charge is 0.297 e. The Bertz CT molecular complexity index is 1170. The molecular formula is C17H10Cl2N4O4S2. The van der Waals surface area contributed by atoms with Gasteiger partial charge in [0, 0.05) is 21.7 Å². The molecule has 0 aliphatic rings. The lowest BCUT2D eigenvalue weighted by Crippen LogP contribution is -2.48. The van der Waals surface area contributed by atoms with Crippen molar-refractivity contribution in [3.05, 3.63) is 73.1 Å². The molecule has 0 aliphatic carbocycles. The second-order valence-corrected chi connectivity index (χ2v) is 7.77. The first kappa shape index (κ1) is 20.9. The minimum atomic E-state index is -0.707. The summed E-state index contributed by atoms with van der Waals surface area (Å²) in [5, 5.41) is 14.1. The topological polar surface area (TPSA) is 113 Å². The van der Waals surface area contributed by atoms with E-state index in [0.717, 1.165) is 16.2 Å². The van der Waals surface area contributed by atoms with Crippen molar-refractivity contribution in [3.8, 4) is 0 Å². The number of hydrazine groups is 1. The number of amides is 2. The minimum absolute atomic E-state index is 0.0183. The molecule has 1 heterocycles. The number of rotatable bonds is 3. The molecule has 2 amide bonds. The third kappa shape index (κ3) is 4.62. The van der Waals surface area contributed by atoms with Crippen LogP contribution in [-0.4, -0.2) is 21.9 Å². The molecule has 0 atom stereocenters. The van der Waals surface area contributed by atoms with Gasteiger partial charge in [0.1, 0.15) is 9.90 Å². The van der Waals surface area contributed by atoms with Gasteiger partial charge in [-0.3, -0.25) is 35.9 Å². The molecule has 1 aromatic heterocycles. The first-order valence-electron chi connectivity index (χ1n) is 7.80. The molecule has 148 valence electrons. The highest BCUT2D eigenvalue weighted by atomic mass is 35.5. The van der Waals surface area contributed by atoms with Gasteiger partial charge in [0.05, 0.1) is 9.95 Å². The molecule has 3 N–H and O–H groups in total. The number of fused-ring (bicyclic) bond motifs is 1. The van der Waals surface area contributed by atoms with Crippen LogP contribution in [0.25, 0.3) is 10.1 Å². The lowest BCUT2D eigenvalue weighted by Gasteiger charge is -2.10. The Hall–Kier alpha value is -2.79. The van der Waals surface area contributed by atoms with Crippen LogP contribution in [0.3, 0.4) is 0 Å². The Labute approximate surface area is 182 Å². The zero-order valence-corrected chi connectivity index (χ0v) is 17.3. The van der Waals surface area contributed by atoms with Gasteiger partial charge >= 0.3 is 0 Å². The summed E-state index contributed by atoms with van der Waals surface area (Å²) in [5.74, 6) is -1.24. The number of benzene rings is 2. The fraction of sp³-hybridized carbons (Fsp3) is 0. The predicted octanol–water partition coefficient (Wildman–Crippen LogP) is 4.07. The highest BCUT2D eigenvalue weighted by Crippen LogP contribution is 2.34. The third-order valence-electron chi connectivity index (χ3n) is 3.66. The van der Waals surface area contributed by atoms with E-state index in [1.54, 1.807) is 6.07 Å². The number of hydrogen-bond acceptors (Lipinski definition) is 6. The second-order valence-electron chi connectivity index (χ2n) is 5.53. The number of nitrogens with zero attached hydrogens (tertiary/aromatic N) is 1. The molecule has 29 heavy (non-hydrogen) atoms. The molecule has 0 aliphatic heterocycles. The Morgan fingerprint density at radius 1 is 1.07 bits per heavy atom. The summed E-state index contributed by atoms with van der Waals surface area (Å²) >= 11 is 18.2. The number of nitrogens with one attached hydrogen (secondary N) is 3. The van der Waals surface area contributed by atoms with Crippen molar-refractivity contribution in [2.75, 3.05) is 0 Å². The molecule has 2 aromatic carbocycles. The van der Waals surface area contributed by atoms with Crippen LogP contribution in [0.2, 0.25) is 10.0 Å². The average Bonchev–Trinajstić information content (AvgIpc) is 3.03. The van der Waals surface area contributed by atoms with Crippen LogP contribution in [0.4, 0.5) is 5.69 Å². The first-order chi connectivity index (χ1) is 13.8. The molecule has 3 rings (SSSR count). The average molecular weight is 469 g/mol.